The molecule has 0 unspecified atom stereocenters. The van der Waals surface area contributed by atoms with Gasteiger partial charge in [-0.3, -0.25) is 14.5 Å². The summed E-state index contributed by atoms with van der Waals surface area (Å²) >= 11 is 0. The summed E-state index contributed by atoms with van der Waals surface area (Å²) in [6.07, 6.45) is 7.69. The zero-order valence-electron chi connectivity index (χ0n) is 31.0. The van der Waals surface area contributed by atoms with Gasteiger partial charge in [-0.25, -0.2) is 22.8 Å². The third-order valence-corrected chi connectivity index (χ3v) is 12.4. The molecular weight excluding hydrogens is 698 g/mol. The summed E-state index contributed by atoms with van der Waals surface area (Å²) in [4.78, 5) is 40.6. The zero-order chi connectivity index (χ0) is 37.9. The van der Waals surface area contributed by atoms with Crippen LogP contribution in [0.25, 0.3) is 0 Å². The highest BCUT2D eigenvalue weighted by Crippen LogP contribution is 2.45. The first-order valence-electron chi connectivity index (χ1n) is 18.4. The van der Waals surface area contributed by atoms with Crippen LogP contribution in [0.2, 0.25) is 0 Å². The molecule has 6 rings (SSSR count). The number of nitrogens with one attached hydrogen (secondary N) is 1. The number of rotatable bonds is 12. The number of benzene rings is 2. The summed E-state index contributed by atoms with van der Waals surface area (Å²) < 4.78 is 48.9. The summed E-state index contributed by atoms with van der Waals surface area (Å²) in [7, 11) is -3.68. The molecule has 3 aliphatic rings. The molecule has 1 aromatic heterocycles. The number of piperidine rings is 2. The molecule has 0 saturated carbocycles. The first kappa shape index (κ1) is 38.3. The Morgan fingerprint density at radius 1 is 1.06 bits per heavy atom. The number of carbonyl (C=O) groups is 2. The second-order valence-corrected chi connectivity index (χ2v) is 17.0. The molecule has 4 heterocycles. The lowest BCUT2D eigenvalue weighted by molar-refractivity contribution is -0.117. The first-order valence-corrected chi connectivity index (χ1v) is 19.8. The van der Waals surface area contributed by atoms with Gasteiger partial charge in [0.15, 0.2) is 11.6 Å². The summed E-state index contributed by atoms with van der Waals surface area (Å²) in [5.41, 5.74) is 1.34. The number of hydrogen-bond acceptors (Lipinski definition) is 9. The van der Waals surface area contributed by atoms with Crippen LogP contribution in [0.3, 0.4) is 0 Å². The fraction of sp³-hybridized carbons (Fsp3) is 0.487. The van der Waals surface area contributed by atoms with Crippen LogP contribution in [0.1, 0.15) is 69.3 Å². The number of carbonyl (C=O) groups excluding carboxylic acids is 2. The number of amides is 2. The molecular formula is C39H50FN7O5S. The number of anilines is 1. The molecule has 3 fully saturated rings. The number of aromatic nitrogens is 2. The highest BCUT2D eigenvalue weighted by atomic mass is 32.2. The van der Waals surface area contributed by atoms with E-state index in [1.54, 1.807) is 23.2 Å². The van der Waals surface area contributed by atoms with Crippen LogP contribution in [-0.2, 0) is 21.4 Å². The lowest BCUT2D eigenvalue weighted by Crippen LogP contribution is -2.60. The molecule has 1 N–H and O–H groups in total. The highest BCUT2D eigenvalue weighted by Gasteiger charge is 2.46. The Balaban J connectivity index is 1.04. The molecule has 284 valence electrons. The number of nitrogens with zero attached hydrogens (tertiary/aromatic N) is 6. The molecule has 0 aliphatic carbocycles. The van der Waals surface area contributed by atoms with Crippen LogP contribution in [-0.4, -0.2) is 102 Å². The zero-order valence-corrected chi connectivity index (χ0v) is 31.8. The molecule has 0 bridgehead atoms. The minimum Gasteiger partial charge on any atom is -0.451 e. The van der Waals surface area contributed by atoms with Crippen LogP contribution in [0, 0.1) is 11.2 Å². The van der Waals surface area contributed by atoms with Gasteiger partial charge in [-0.05, 0) is 108 Å². The van der Waals surface area contributed by atoms with E-state index in [9.17, 15) is 22.4 Å². The summed E-state index contributed by atoms with van der Waals surface area (Å²) in [6, 6.07) is 10.7. The Labute approximate surface area is 312 Å². The van der Waals surface area contributed by atoms with Crippen molar-refractivity contribution in [2.75, 3.05) is 44.2 Å². The van der Waals surface area contributed by atoms with Gasteiger partial charge in [0, 0.05) is 56.3 Å². The molecule has 3 saturated heterocycles. The fourth-order valence-electron chi connectivity index (χ4n) is 7.83. The molecule has 0 radical (unpaired) electrons. The van der Waals surface area contributed by atoms with Crippen molar-refractivity contribution in [1.29, 1.82) is 0 Å². The minimum absolute atomic E-state index is 0.0818. The molecule has 2 amide bonds. The van der Waals surface area contributed by atoms with Crippen LogP contribution in [0.4, 0.5) is 10.2 Å². The normalized spacial score (nSPS) is 19.2. The topological polar surface area (TPSA) is 128 Å². The van der Waals surface area contributed by atoms with Crippen molar-refractivity contribution in [3.05, 3.63) is 84.6 Å². The molecule has 14 heteroatoms. The molecule has 1 atom stereocenters. The van der Waals surface area contributed by atoms with E-state index < -0.39 is 15.8 Å². The molecule has 3 aliphatic heterocycles. The van der Waals surface area contributed by atoms with Crippen molar-refractivity contribution in [1.82, 2.24) is 29.4 Å². The molecule has 3 aromatic rings. The lowest BCUT2D eigenvalue weighted by Gasteiger charge is -2.54. The Hall–Kier alpha value is -4.40. The number of halogens is 1. The monoisotopic (exact) mass is 747 g/mol. The molecule has 53 heavy (non-hydrogen) atoms. The highest BCUT2D eigenvalue weighted by molar-refractivity contribution is 7.89. The summed E-state index contributed by atoms with van der Waals surface area (Å²) in [6.45, 7) is 16.0. The predicted molar refractivity (Wildman–Crippen MR) is 201 cm³/mol. The molecule has 12 nitrogen and oxygen atoms in total. The van der Waals surface area contributed by atoms with Crippen LogP contribution in [0.15, 0.2) is 72.5 Å². The van der Waals surface area contributed by atoms with E-state index in [1.807, 2.05) is 39.8 Å². The fourth-order valence-corrected chi connectivity index (χ4v) is 9.35. The maximum atomic E-state index is 14.4. The molecule has 2 aromatic carbocycles. The number of sulfonamides is 1. The predicted octanol–water partition coefficient (Wildman–Crippen LogP) is 5.22. The first-order chi connectivity index (χ1) is 25.3. The standard InChI is InChI=1S/C39H50FN7O5S/c1-6-36(48)43-31-8-7-17-46(23-31)53(50,51)32-12-9-29(10-13-32)22-44-18-15-39(16-19-44)24-45(25-39)37-35(21-41-26-42-37)52-34-14-11-30(40)20-33(34)38(49)47(27(2)3)28(4)5/h6,9-14,20-21,26-28,31H,1,7-8,15-19,22-25H2,2-5H3,(H,43,48)/t31-/m1/s1. The maximum absolute atomic E-state index is 14.4. The van der Waals surface area contributed by atoms with E-state index in [2.05, 4.69) is 31.7 Å². The van der Waals surface area contributed by atoms with E-state index in [0.29, 0.717) is 24.5 Å². The van der Waals surface area contributed by atoms with Crippen molar-refractivity contribution < 1.29 is 27.1 Å². The van der Waals surface area contributed by atoms with Gasteiger partial charge in [-0.15, -0.1) is 0 Å². The van der Waals surface area contributed by atoms with E-state index in [4.69, 9.17) is 4.74 Å². The van der Waals surface area contributed by atoms with E-state index in [1.165, 1.54) is 34.9 Å². The Kier molecular flexibility index (Phi) is 11.5. The third kappa shape index (κ3) is 8.55. The lowest BCUT2D eigenvalue weighted by atomic mass is 9.72. The van der Waals surface area contributed by atoms with Crippen molar-refractivity contribution in [2.24, 2.45) is 5.41 Å². The van der Waals surface area contributed by atoms with Gasteiger partial charge >= 0.3 is 0 Å². The largest absolute Gasteiger partial charge is 0.451 e. The smallest absolute Gasteiger partial charge is 0.258 e. The number of ether oxygens (including phenoxy) is 1. The second kappa shape index (κ2) is 15.9. The van der Waals surface area contributed by atoms with Gasteiger partial charge < -0.3 is 19.9 Å². The van der Waals surface area contributed by atoms with Gasteiger partial charge in [-0.2, -0.15) is 4.31 Å². The van der Waals surface area contributed by atoms with Crippen molar-refractivity contribution in [3.8, 4) is 11.5 Å². The summed E-state index contributed by atoms with van der Waals surface area (Å²) in [5, 5.41) is 2.82. The Bertz CT molecular complexity index is 1900. The van der Waals surface area contributed by atoms with Gasteiger partial charge in [0.25, 0.3) is 5.91 Å². The van der Waals surface area contributed by atoms with E-state index in [-0.39, 0.29) is 58.1 Å². The van der Waals surface area contributed by atoms with Crippen LogP contribution in [0.5, 0.6) is 11.5 Å². The minimum atomic E-state index is -3.68. The maximum Gasteiger partial charge on any atom is 0.258 e. The van der Waals surface area contributed by atoms with Crippen LogP contribution < -0.4 is 15.0 Å². The number of likely N-dealkylation sites (tertiary alicyclic amines) is 1. The van der Waals surface area contributed by atoms with Gasteiger partial charge in [0.1, 0.15) is 17.9 Å². The summed E-state index contributed by atoms with van der Waals surface area (Å²) in [5.74, 6) is 0.180. The SMILES string of the molecule is C=CC(=O)N[C@@H]1CCCN(S(=O)(=O)c2ccc(CN3CCC4(CC3)CN(c3ncncc3Oc3ccc(F)cc3C(=O)N(C(C)C)C(C)C)C4)cc2)C1. The van der Waals surface area contributed by atoms with Crippen molar-refractivity contribution in [2.45, 2.75) is 82.9 Å². The van der Waals surface area contributed by atoms with Gasteiger partial charge in [0.2, 0.25) is 15.9 Å². The van der Waals surface area contributed by atoms with Crippen molar-refractivity contribution >= 4 is 27.7 Å². The number of hydrogen-bond donors (Lipinski definition) is 1. The second-order valence-electron chi connectivity index (χ2n) is 15.0. The van der Waals surface area contributed by atoms with E-state index >= 15 is 0 Å². The van der Waals surface area contributed by atoms with Gasteiger partial charge in [-0.1, -0.05) is 18.7 Å². The third-order valence-electron chi connectivity index (χ3n) is 10.5. The quantitative estimate of drug-likeness (QED) is 0.248. The average Bonchev–Trinajstić information content (AvgIpc) is 3.12. The van der Waals surface area contributed by atoms with Crippen molar-refractivity contribution in [3.63, 3.8) is 0 Å². The van der Waals surface area contributed by atoms with E-state index in [0.717, 1.165) is 57.5 Å². The van der Waals surface area contributed by atoms with Gasteiger partial charge in [0.05, 0.1) is 16.7 Å². The van der Waals surface area contributed by atoms with Crippen LogP contribution >= 0.6 is 0 Å². The Morgan fingerprint density at radius 3 is 2.42 bits per heavy atom. The Morgan fingerprint density at radius 2 is 1.75 bits per heavy atom. The molecule has 1 spiro atoms. The average molecular weight is 748 g/mol.